The number of carbonyl (C=O) groups is 3. The summed E-state index contributed by atoms with van der Waals surface area (Å²) in [6.45, 7) is 1.10. The summed E-state index contributed by atoms with van der Waals surface area (Å²) >= 11 is 0. The quantitative estimate of drug-likeness (QED) is 0.489. The molecule has 0 spiro atoms. The van der Waals surface area contributed by atoms with Crippen molar-refractivity contribution in [3.63, 3.8) is 0 Å². The zero-order valence-electron chi connectivity index (χ0n) is 22.3. The third-order valence-electron chi connectivity index (χ3n) is 8.05. The number of hydrogen-bond donors (Lipinski definition) is 1. The van der Waals surface area contributed by atoms with Crippen molar-refractivity contribution in [2.75, 3.05) is 27.3 Å². The molecule has 0 bridgehead atoms. The minimum atomic E-state index is -0.950. The summed E-state index contributed by atoms with van der Waals surface area (Å²) in [5, 5.41) is 3.06. The van der Waals surface area contributed by atoms with E-state index in [1.165, 1.54) is 14.2 Å². The molecule has 0 unspecified atom stereocenters. The molecule has 8 nitrogen and oxygen atoms in total. The molecular weight excluding hydrogens is 494 g/mol. The molecule has 1 saturated heterocycles. The summed E-state index contributed by atoms with van der Waals surface area (Å²) in [6, 6.07) is 20.8. The van der Waals surface area contributed by atoms with E-state index in [9.17, 15) is 14.4 Å². The van der Waals surface area contributed by atoms with Crippen LogP contribution in [-0.2, 0) is 19.7 Å². The number of nitrogens with zero attached hydrogens (tertiary/aromatic N) is 2. The molecule has 2 amide bonds. The van der Waals surface area contributed by atoms with E-state index in [0.29, 0.717) is 44.3 Å². The number of aromatic nitrogens is 1. The minimum Gasteiger partial charge on any atom is -0.480 e. The Hall–Kier alpha value is -4.20. The van der Waals surface area contributed by atoms with Crippen LogP contribution in [0.5, 0.6) is 5.88 Å². The van der Waals surface area contributed by atoms with Crippen molar-refractivity contribution < 1.29 is 23.9 Å². The molecule has 1 N–H and O–H groups in total. The molecule has 2 aliphatic rings. The molecule has 1 aliphatic carbocycles. The van der Waals surface area contributed by atoms with Crippen LogP contribution in [0.25, 0.3) is 0 Å². The average molecular weight is 528 g/mol. The maximum absolute atomic E-state index is 13.8. The van der Waals surface area contributed by atoms with Crippen LogP contribution in [0.3, 0.4) is 0 Å². The van der Waals surface area contributed by atoms with E-state index < -0.39 is 5.41 Å². The fourth-order valence-corrected chi connectivity index (χ4v) is 6.08. The predicted octanol–water partition coefficient (Wildman–Crippen LogP) is 3.85. The van der Waals surface area contributed by atoms with Crippen LogP contribution < -0.4 is 10.1 Å². The van der Waals surface area contributed by atoms with Gasteiger partial charge in [-0.25, -0.2) is 4.98 Å². The van der Waals surface area contributed by atoms with Gasteiger partial charge in [0.15, 0.2) is 0 Å². The molecule has 1 aliphatic heterocycles. The highest BCUT2D eigenvalue weighted by Gasteiger charge is 2.49. The maximum Gasteiger partial charge on any atom is 0.320 e. The van der Waals surface area contributed by atoms with Crippen LogP contribution in [0.4, 0.5) is 0 Å². The Bertz CT molecular complexity index is 1350. The van der Waals surface area contributed by atoms with Gasteiger partial charge in [0.2, 0.25) is 11.8 Å². The van der Waals surface area contributed by atoms with Crippen molar-refractivity contribution in [3.05, 3.63) is 95.2 Å². The first kappa shape index (κ1) is 26.4. The summed E-state index contributed by atoms with van der Waals surface area (Å²) in [4.78, 5) is 46.0. The van der Waals surface area contributed by atoms with Crippen molar-refractivity contribution in [2.24, 2.45) is 0 Å². The van der Waals surface area contributed by atoms with E-state index in [4.69, 9.17) is 9.47 Å². The Morgan fingerprint density at radius 1 is 0.923 bits per heavy atom. The molecule has 0 radical (unpaired) electrons. The third-order valence-corrected chi connectivity index (χ3v) is 8.05. The van der Waals surface area contributed by atoms with E-state index in [-0.39, 0.29) is 35.6 Å². The first-order valence-electron chi connectivity index (χ1n) is 13.3. The van der Waals surface area contributed by atoms with Crippen LogP contribution in [-0.4, -0.2) is 61.0 Å². The zero-order chi connectivity index (χ0) is 27.4. The SMILES string of the molecule is COC(=O)[C@]1(c2ccccc2)CC[C@@H](C(=O)N2CCC(NC(=O)c3cccnc3OC)CC2)c2ccccc21. The van der Waals surface area contributed by atoms with Crippen molar-refractivity contribution >= 4 is 17.8 Å². The molecule has 2 aromatic carbocycles. The molecule has 39 heavy (non-hydrogen) atoms. The number of carbonyl (C=O) groups excluding carboxylic acids is 3. The smallest absolute Gasteiger partial charge is 0.320 e. The summed E-state index contributed by atoms with van der Waals surface area (Å²) in [5.74, 6) is -0.530. The largest absolute Gasteiger partial charge is 0.480 e. The number of pyridine rings is 1. The second-order valence-electron chi connectivity index (χ2n) is 10.1. The number of hydrogen-bond acceptors (Lipinski definition) is 6. The lowest BCUT2D eigenvalue weighted by atomic mass is 9.63. The lowest BCUT2D eigenvalue weighted by Crippen LogP contribution is -2.49. The fourth-order valence-electron chi connectivity index (χ4n) is 6.08. The third kappa shape index (κ3) is 4.87. The number of benzene rings is 2. The van der Waals surface area contributed by atoms with Gasteiger partial charge in [-0.2, -0.15) is 0 Å². The van der Waals surface area contributed by atoms with E-state index in [0.717, 1.165) is 16.7 Å². The Balaban J connectivity index is 1.32. The fraction of sp³-hybridized carbons (Fsp3) is 0.355. The summed E-state index contributed by atoms with van der Waals surface area (Å²) in [6.07, 6.45) is 3.92. The van der Waals surface area contributed by atoms with Crippen LogP contribution in [0, 0.1) is 0 Å². The highest BCUT2D eigenvalue weighted by atomic mass is 16.5. The number of nitrogens with one attached hydrogen (secondary N) is 1. The van der Waals surface area contributed by atoms with Gasteiger partial charge in [0.25, 0.3) is 5.91 Å². The molecule has 5 rings (SSSR count). The summed E-state index contributed by atoms with van der Waals surface area (Å²) < 4.78 is 10.5. The number of amides is 2. The summed E-state index contributed by atoms with van der Waals surface area (Å²) in [7, 11) is 2.90. The molecule has 202 valence electrons. The second kappa shape index (κ2) is 11.3. The van der Waals surface area contributed by atoms with Gasteiger partial charge < -0.3 is 19.7 Å². The standard InChI is InChI=1S/C31H33N3O5/c1-38-28-25(12-8-18-32-28)27(35)33-22-15-19-34(20-16-22)29(36)24-14-17-31(30(37)39-2,21-9-4-3-5-10-21)26-13-7-6-11-23(24)26/h3-13,18,22,24H,14-17,19-20H2,1-2H3,(H,33,35)/t24-,31+/m1/s1. The normalized spacial score (nSPS) is 21.0. The van der Waals surface area contributed by atoms with Crippen molar-refractivity contribution in [1.29, 1.82) is 0 Å². The molecule has 1 fully saturated rings. The topological polar surface area (TPSA) is 97.8 Å². The van der Waals surface area contributed by atoms with Crippen LogP contribution in [0.1, 0.15) is 58.6 Å². The molecule has 3 aromatic rings. The van der Waals surface area contributed by atoms with E-state index >= 15 is 0 Å². The molecular formula is C31H33N3O5. The molecule has 0 saturated carbocycles. The molecule has 2 heterocycles. The van der Waals surface area contributed by atoms with Gasteiger partial charge in [-0.1, -0.05) is 54.6 Å². The van der Waals surface area contributed by atoms with Gasteiger partial charge >= 0.3 is 5.97 Å². The highest BCUT2D eigenvalue weighted by Crippen LogP contribution is 2.48. The number of ether oxygens (including phenoxy) is 2. The Kier molecular flexibility index (Phi) is 7.63. The number of piperidine rings is 1. The zero-order valence-corrected chi connectivity index (χ0v) is 22.3. The van der Waals surface area contributed by atoms with Crippen molar-refractivity contribution in [3.8, 4) is 5.88 Å². The van der Waals surface area contributed by atoms with Gasteiger partial charge in [0.05, 0.1) is 20.1 Å². The lowest BCUT2D eigenvalue weighted by Gasteiger charge is -2.42. The van der Waals surface area contributed by atoms with Gasteiger partial charge in [0.1, 0.15) is 11.0 Å². The van der Waals surface area contributed by atoms with Crippen molar-refractivity contribution in [1.82, 2.24) is 15.2 Å². The van der Waals surface area contributed by atoms with E-state index in [1.54, 1.807) is 18.3 Å². The van der Waals surface area contributed by atoms with Gasteiger partial charge in [-0.3, -0.25) is 14.4 Å². The maximum atomic E-state index is 13.8. The Labute approximate surface area is 228 Å². The van der Waals surface area contributed by atoms with Crippen molar-refractivity contribution in [2.45, 2.75) is 43.1 Å². The number of likely N-dealkylation sites (tertiary alicyclic amines) is 1. The van der Waals surface area contributed by atoms with Gasteiger partial charge in [0, 0.05) is 25.3 Å². The molecule has 2 atom stereocenters. The number of esters is 1. The minimum absolute atomic E-state index is 0.0461. The van der Waals surface area contributed by atoms with Gasteiger partial charge in [-0.15, -0.1) is 0 Å². The number of methoxy groups -OCH3 is 2. The lowest BCUT2D eigenvalue weighted by molar-refractivity contribution is -0.147. The monoisotopic (exact) mass is 527 g/mol. The Morgan fingerprint density at radius 2 is 1.64 bits per heavy atom. The van der Waals surface area contributed by atoms with E-state index in [1.807, 2.05) is 59.5 Å². The molecule has 8 heteroatoms. The van der Waals surface area contributed by atoms with Gasteiger partial charge in [-0.05, 0) is 54.5 Å². The number of fused-ring (bicyclic) bond motifs is 1. The predicted molar refractivity (Wildman–Crippen MR) is 146 cm³/mol. The molecule has 1 aromatic heterocycles. The van der Waals surface area contributed by atoms with E-state index in [2.05, 4.69) is 10.3 Å². The number of rotatable bonds is 6. The highest BCUT2D eigenvalue weighted by molar-refractivity contribution is 5.96. The summed E-state index contributed by atoms with van der Waals surface area (Å²) in [5.41, 5.74) is 2.03. The Morgan fingerprint density at radius 3 is 2.36 bits per heavy atom. The second-order valence-corrected chi connectivity index (χ2v) is 10.1. The average Bonchev–Trinajstić information content (AvgIpc) is 3.00. The van der Waals surface area contributed by atoms with Crippen LogP contribution in [0.2, 0.25) is 0 Å². The van der Waals surface area contributed by atoms with Crippen LogP contribution >= 0.6 is 0 Å². The van der Waals surface area contributed by atoms with Crippen LogP contribution in [0.15, 0.2) is 72.9 Å². The first-order chi connectivity index (χ1) is 19.0. The first-order valence-corrected chi connectivity index (χ1v) is 13.3.